The van der Waals surface area contributed by atoms with E-state index in [9.17, 15) is 5.11 Å². The SMILES string of the molecule is CC1(C)CCC(CO)=C(c2ccc(C3CC3)cc2)C1. The Bertz CT molecular complexity index is 489. The van der Waals surface area contributed by atoms with Gasteiger partial charge in [0.25, 0.3) is 0 Å². The Balaban J connectivity index is 1.91. The van der Waals surface area contributed by atoms with Crippen LogP contribution in [0.15, 0.2) is 29.8 Å². The van der Waals surface area contributed by atoms with Crippen LogP contribution in [0.1, 0.15) is 63.0 Å². The Hall–Kier alpha value is -1.08. The molecule has 1 N–H and O–H groups in total. The van der Waals surface area contributed by atoms with Crippen molar-refractivity contribution in [3.05, 3.63) is 41.0 Å². The predicted molar refractivity (Wildman–Crippen MR) is 80.1 cm³/mol. The lowest BCUT2D eigenvalue weighted by molar-refractivity contribution is 0.291. The van der Waals surface area contributed by atoms with Gasteiger partial charge in [0.1, 0.15) is 0 Å². The van der Waals surface area contributed by atoms with Crippen LogP contribution in [-0.4, -0.2) is 11.7 Å². The van der Waals surface area contributed by atoms with Crippen molar-refractivity contribution < 1.29 is 5.11 Å². The standard InChI is InChI=1S/C18H24O/c1-18(2)10-9-16(12-19)17(11-18)15-7-5-14(6-8-15)13-3-4-13/h5-8,13,19H,3-4,9-12H2,1-2H3. The molecule has 0 radical (unpaired) electrons. The van der Waals surface area contributed by atoms with E-state index in [2.05, 4.69) is 38.1 Å². The maximum Gasteiger partial charge on any atom is 0.0647 e. The number of allylic oxidation sites excluding steroid dienone is 1. The molecule has 0 aromatic heterocycles. The van der Waals surface area contributed by atoms with Gasteiger partial charge in [-0.05, 0) is 65.7 Å². The van der Waals surface area contributed by atoms with Crippen LogP contribution in [0.5, 0.6) is 0 Å². The molecule has 2 aliphatic rings. The third kappa shape index (κ3) is 2.76. The zero-order chi connectivity index (χ0) is 13.5. The summed E-state index contributed by atoms with van der Waals surface area (Å²) in [6.45, 7) is 4.88. The molecule has 0 atom stereocenters. The average Bonchev–Trinajstić information content (AvgIpc) is 3.22. The first-order chi connectivity index (χ1) is 9.09. The number of rotatable bonds is 3. The van der Waals surface area contributed by atoms with Crippen LogP contribution in [0.4, 0.5) is 0 Å². The molecule has 1 nitrogen and oxygen atoms in total. The maximum atomic E-state index is 9.59. The highest BCUT2D eigenvalue weighted by Gasteiger charge is 2.28. The minimum absolute atomic E-state index is 0.218. The van der Waals surface area contributed by atoms with Crippen molar-refractivity contribution in [2.24, 2.45) is 5.41 Å². The number of aliphatic hydroxyl groups excluding tert-OH is 1. The van der Waals surface area contributed by atoms with Crippen LogP contribution in [-0.2, 0) is 0 Å². The fourth-order valence-electron chi connectivity index (χ4n) is 3.19. The van der Waals surface area contributed by atoms with E-state index in [0.717, 1.165) is 18.8 Å². The zero-order valence-corrected chi connectivity index (χ0v) is 12.1. The first-order valence-electron chi connectivity index (χ1n) is 7.51. The summed E-state index contributed by atoms with van der Waals surface area (Å²) in [6.07, 6.45) is 6.04. The Morgan fingerprint density at radius 2 is 1.84 bits per heavy atom. The van der Waals surface area contributed by atoms with Gasteiger partial charge in [-0.25, -0.2) is 0 Å². The largest absolute Gasteiger partial charge is 0.392 e. The molecule has 3 rings (SSSR count). The van der Waals surface area contributed by atoms with Gasteiger partial charge in [-0.1, -0.05) is 38.1 Å². The average molecular weight is 256 g/mol. The summed E-state index contributed by atoms with van der Waals surface area (Å²) in [5.74, 6) is 0.822. The molecule has 1 aromatic rings. The van der Waals surface area contributed by atoms with E-state index in [1.54, 1.807) is 0 Å². The Kier molecular flexibility index (Phi) is 3.26. The molecule has 102 valence electrons. The molecule has 2 aliphatic carbocycles. The summed E-state index contributed by atoms with van der Waals surface area (Å²) in [4.78, 5) is 0. The minimum atomic E-state index is 0.218. The van der Waals surface area contributed by atoms with Gasteiger partial charge in [-0.15, -0.1) is 0 Å². The molecule has 0 bridgehead atoms. The maximum absolute atomic E-state index is 9.59. The van der Waals surface area contributed by atoms with Crippen LogP contribution in [0.25, 0.3) is 5.57 Å². The molecule has 1 aromatic carbocycles. The van der Waals surface area contributed by atoms with Crippen molar-refractivity contribution in [1.82, 2.24) is 0 Å². The lowest BCUT2D eigenvalue weighted by Gasteiger charge is -2.33. The van der Waals surface area contributed by atoms with Gasteiger partial charge in [0.05, 0.1) is 6.61 Å². The third-order valence-corrected chi connectivity index (χ3v) is 4.68. The van der Waals surface area contributed by atoms with Crippen molar-refractivity contribution in [1.29, 1.82) is 0 Å². The smallest absolute Gasteiger partial charge is 0.0647 e. The van der Waals surface area contributed by atoms with Crippen molar-refractivity contribution in [3.8, 4) is 0 Å². The van der Waals surface area contributed by atoms with Gasteiger partial charge in [-0.3, -0.25) is 0 Å². The van der Waals surface area contributed by atoms with E-state index in [-0.39, 0.29) is 6.61 Å². The molecular formula is C18H24O. The Labute approximate surface area is 116 Å². The zero-order valence-electron chi connectivity index (χ0n) is 12.1. The predicted octanol–water partition coefficient (Wildman–Crippen LogP) is 4.52. The fraction of sp³-hybridized carbons (Fsp3) is 0.556. The summed E-state index contributed by atoms with van der Waals surface area (Å²) in [5.41, 5.74) is 5.81. The summed E-state index contributed by atoms with van der Waals surface area (Å²) < 4.78 is 0. The molecule has 0 spiro atoms. The van der Waals surface area contributed by atoms with Crippen molar-refractivity contribution >= 4 is 5.57 Å². The van der Waals surface area contributed by atoms with E-state index in [1.807, 2.05) is 0 Å². The minimum Gasteiger partial charge on any atom is -0.392 e. The summed E-state index contributed by atoms with van der Waals surface area (Å²) in [5, 5.41) is 9.59. The van der Waals surface area contributed by atoms with Gasteiger partial charge >= 0.3 is 0 Å². The molecule has 0 unspecified atom stereocenters. The molecule has 19 heavy (non-hydrogen) atoms. The van der Waals surface area contributed by atoms with Gasteiger partial charge < -0.3 is 5.11 Å². The number of benzene rings is 1. The lowest BCUT2D eigenvalue weighted by Crippen LogP contribution is -2.19. The highest BCUT2D eigenvalue weighted by molar-refractivity contribution is 5.70. The molecular weight excluding hydrogens is 232 g/mol. The van der Waals surface area contributed by atoms with Crippen LogP contribution >= 0.6 is 0 Å². The third-order valence-electron chi connectivity index (χ3n) is 4.68. The normalized spacial score (nSPS) is 22.7. The highest BCUT2D eigenvalue weighted by Crippen LogP contribution is 2.44. The second-order valence-electron chi connectivity index (χ2n) is 6.98. The van der Waals surface area contributed by atoms with E-state index in [1.165, 1.54) is 41.5 Å². The quantitative estimate of drug-likeness (QED) is 0.843. The van der Waals surface area contributed by atoms with E-state index in [4.69, 9.17) is 0 Å². The first-order valence-corrected chi connectivity index (χ1v) is 7.51. The molecule has 0 aliphatic heterocycles. The molecule has 0 saturated heterocycles. The monoisotopic (exact) mass is 256 g/mol. The van der Waals surface area contributed by atoms with Crippen LogP contribution in [0.3, 0.4) is 0 Å². The second kappa shape index (κ2) is 4.79. The summed E-state index contributed by atoms with van der Waals surface area (Å²) in [6, 6.07) is 9.10. The molecule has 0 heterocycles. The number of aliphatic hydroxyl groups is 1. The van der Waals surface area contributed by atoms with Gasteiger partial charge in [0.2, 0.25) is 0 Å². The summed E-state index contributed by atoms with van der Waals surface area (Å²) >= 11 is 0. The van der Waals surface area contributed by atoms with Crippen LogP contribution in [0.2, 0.25) is 0 Å². The van der Waals surface area contributed by atoms with Gasteiger partial charge in [0, 0.05) is 0 Å². The molecule has 0 amide bonds. The summed E-state index contributed by atoms with van der Waals surface area (Å²) in [7, 11) is 0. The van der Waals surface area contributed by atoms with Crippen LogP contribution in [0, 0.1) is 5.41 Å². The van der Waals surface area contributed by atoms with Gasteiger partial charge in [0.15, 0.2) is 0 Å². The molecule has 1 heteroatoms. The van der Waals surface area contributed by atoms with Crippen molar-refractivity contribution in [2.45, 2.75) is 51.9 Å². The lowest BCUT2D eigenvalue weighted by atomic mass is 9.72. The van der Waals surface area contributed by atoms with Crippen LogP contribution < -0.4 is 0 Å². The highest BCUT2D eigenvalue weighted by atomic mass is 16.3. The van der Waals surface area contributed by atoms with Crippen molar-refractivity contribution in [3.63, 3.8) is 0 Å². The van der Waals surface area contributed by atoms with E-state index >= 15 is 0 Å². The van der Waals surface area contributed by atoms with Crippen molar-refractivity contribution in [2.75, 3.05) is 6.61 Å². The number of hydrogen-bond donors (Lipinski definition) is 1. The molecule has 1 fully saturated rings. The topological polar surface area (TPSA) is 20.2 Å². The Morgan fingerprint density at radius 3 is 2.42 bits per heavy atom. The molecule has 1 saturated carbocycles. The van der Waals surface area contributed by atoms with E-state index < -0.39 is 0 Å². The number of hydrogen-bond acceptors (Lipinski definition) is 1. The Morgan fingerprint density at radius 1 is 1.16 bits per heavy atom. The second-order valence-corrected chi connectivity index (χ2v) is 6.98. The first kappa shape index (κ1) is 12.9. The fourth-order valence-corrected chi connectivity index (χ4v) is 3.19. The van der Waals surface area contributed by atoms with Gasteiger partial charge in [-0.2, -0.15) is 0 Å². The van der Waals surface area contributed by atoms with E-state index in [0.29, 0.717) is 5.41 Å².